The minimum absolute atomic E-state index is 0.631. The van der Waals surface area contributed by atoms with Gasteiger partial charge in [-0.05, 0) is 46.5 Å². The Hall–Kier alpha value is -3.06. The van der Waals surface area contributed by atoms with E-state index in [1.165, 1.54) is 19.0 Å². The number of hydrogen-bond donors (Lipinski definition) is 2. The largest absolute Gasteiger partial charge is 0.354 e. The number of pyridine rings is 1. The van der Waals surface area contributed by atoms with E-state index in [4.69, 9.17) is 4.98 Å². The van der Waals surface area contributed by atoms with Gasteiger partial charge in [0.15, 0.2) is 0 Å². The maximum atomic E-state index is 4.83. The number of allylic oxidation sites excluding steroid dienone is 1. The Bertz CT molecular complexity index is 915. The van der Waals surface area contributed by atoms with Crippen molar-refractivity contribution in [3.63, 3.8) is 0 Å². The van der Waals surface area contributed by atoms with E-state index >= 15 is 0 Å². The molecular formula is C22H29N7. The lowest BCUT2D eigenvalue weighted by Crippen LogP contribution is -2.14. The number of anilines is 2. The van der Waals surface area contributed by atoms with E-state index in [0.29, 0.717) is 11.8 Å². The third-order valence-electron chi connectivity index (χ3n) is 4.74. The summed E-state index contributed by atoms with van der Waals surface area (Å²) in [4.78, 5) is 20.2. The summed E-state index contributed by atoms with van der Waals surface area (Å²) >= 11 is 0. The zero-order chi connectivity index (χ0) is 20.6. The molecule has 0 radical (unpaired) electrons. The first-order valence-corrected chi connectivity index (χ1v) is 9.97. The molecule has 29 heavy (non-hydrogen) atoms. The number of hydrogen-bond acceptors (Lipinski definition) is 6. The topological polar surface area (TPSA) is 78.3 Å². The second kappa shape index (κ2) is 9.93. The smallest absolute Gasteiger partial charge is 0.223 e. The van der Waals surface area contributed by atoms with Gasteiger partial charge in [-0.25, -0.2) is 15.0 Å². The number of nitrogens with one attached hydrogen (secondary N) is 2. The lowest BCUT2D eigenvalue weighted by molar-refractivity contribution is 0.392. The first kappa shape index (κ1) is 20.7. The fourth-order valence-corrected chi connectivity index (χ4v) is 3.30. The summed E-state index contributed by atoms with van der Waals surface area (Å²) in [6.07, 6.45) is 12.4. The summed E-state index contributed by atoms with van der Waals surface area (Å²) in [5.41, 5.74) is 4.58. The van der Waals surface area contributed by atoms with E-state index in [2.05, 4.69) is 51.2 Å². The number of nitrogens with zero attached hydrogens (tertiary/aromatic N) is 5. The van der Waals surface area contributed by atoms with Gasteiger partial charge >= 0.3 is 0 Å². The molecule has 0 unspecified atom stereocenters. The summed E-state index contributed by atoms with van der Waals surface area (Å²) < 4.78 is 0. The molecule has 0 atom stereocenters. The van der Waals surface area contributed by atoms with Gasteiger partial charge in [0.25, 0.3) is 0 Å². The van der Waals surface area contributed by atoms with Crippen LogP contribution in [0, 0.1) is 0 Å². The van der Waals surface area contributed by atoms with Crippen molar-refractivity contribution in [3.05, 3.63) is 49.2 Å². The van der Waals surface area contributed by atoms with Crippen LogP contribution in [0.3, 0.4) is 0 Å². The molecule has 7 nitrogen and oxygen atoms in total. The predicted molar refractivity (Wildman–Crippen MR) is 121 cm³/mol. The number of fused-ring (bicyclic) bond motifs is 3. The molecule has 7 heteroatoms. The Labute approximate surface area is 172 Å². The highest BCUT2D eigenvalue weighted by atomic mass is 15.1. The minimum Gasteiger partial charge on any atom is -0.354 e. The average Bonchev–Trinajstić information content (AvgIpc) is 2.84. The molecule has 0 saturated heterocycles. The maximum absolute atomic E-state index is 4.83. The molecule has 2 aromatic heterocycles. The van der Waals surface area contributed by atoms with Crippen LogP contribution < -0.4 is 10.6 Å². The summed E-state index contributed by atoms with van der Waals surface area (Å²) in [5, 5.41) is 6.72. The normalized spacial score (nSPS) is 15.6. The van der Waals surface area contributed by atoms with Gasteiger partial charge in [-0.3, -0.25) is 4.98 Å². The summed E-state index contributed by atoms with van der Waals surface area (Å²) in [5.74, 6) is 1.33. The van der Waals surface area contributed by atoms with Crippen molar-refractivity contribution in [3.8, 4) is 11.1 Å². The SMILES string of the molecule is C=C/N=C1/Nc2cnccc2-c2cnc(NCCCCCN(C)C)nc2/C1=C/C. The predicted octanol–water partition coefficient (Wildman–Crippen LogP) is 4.05. The Morgan fingerprint density at radius 1 is 1.21 bits per heavy atom. The number of rotatable bonds is 8. The first-order chi connectivity index (χ1) is 14.1. The summed E-state index contributed by atoms with van der Waals surface area (Å²) in [6.45, 7) is 7.69. The van der Waals surface area contributed by atoms with Gasteiger partial charge in [-0.15, -0.1) is 0 Å². The van der Waals surface area contributed by atoms with Crippen LogP contribution in [0.25, 0.3) is 16.7 Å². The Balaban J connectivity index is 1.85. The third kappa shape index (κ3) is 5.06. The van der Waals surface area contributed by atoms with E-state index in [0.717, 1.165) is 47.6 Å². The lowest BCUT2D eigenvalue weighted by atomic mass is 10.0. The molecule has 1 aliphatic heterocycles. The fraction of sp³-hybridized carbons (Fsp3) is 0.364. The monoisotopic (exact) mass is 391 g/mol. The van der Waals surface area contributed by atoms with Gasteiger partial charge in [-0.1, -0.05) is 19.1 Å². The number of unbranched alkanes of at least 4 members (excludes halogenated alkanes) is 2. The summed E-state index contributed by atoms with van der Waals surface area (Å²) in [6, 6.07) is 1.96. The van der Waals surface area contributed by atoms with Crippen molar-refractivity contribution < 1.29 is 0 Å². The molecule has 0 fully saturated rings. The van der Waals surface area contributed by atoms with Crippen LogP contribution in [-0.2, 0) is 0 Å². The van der Waals surface area contributed by atoms with Gasteiger partial charge < -0.3 is 15.5 Å². The van der Waals surface area contributed by atoms with Crippen LogP contribution in [0.2, 0.25) is 0 Å². The molecule has 2 N–H and O–H groups in total. The van der Waals surface area contributed by atoms with Gasteiger partial charge in [-0.2, -0.15) is 0 Å². The highest BCUT2D eigenvalue weighted by molar-refractivity contribution is 6.31. The molecule has 0 saturated carbocycles. The van der Waals surface area contributed by atoms with Crippen molar-refractivity contribution in [2.24, 2.45) is 4.99 Å². The van der Waals surface area contributed by atoms with Crippen LogP contribution in [-0.4, -0.2) is 52.9 Å². The highest BCUT2D eigenvalue weighted by Gasteiger charge is 2.23. The summed E-state index contributed by atoms with van der Waals surface area (Å²) in [7, 11) is 4.21. The van der Waals surface area contributed by atoms with Gasteiger partial charge in [0.2, 0.25) is 5.95 Å². The van der Waals surface area contributed by atoms with Crippen molar-refractivity contribution in [1.29, 1.82) is 0 Å². The Kier molecular flexibility index (Phi) is 7.08. The van der Waals surface area contributed by atoms with Crippen LogP contribution >= 0.6 is 0 Å². The maximum Gasteiger partial charge on any atom is 0.223 e. The van der Waals surface area contributed by atoms with Crippen LogP contribution in [0.5, 0.6) is 0 Å². The number of amidine groups is 1. The molecular weight excluding hydrogens is 362 g/mol. The second-order valence-corrected chi connectivity index (χ2v) is 7.16. The quantitative estimate of drug-likeness (QED) is 0.661. The number of aliphatic imine (C=N–C) groups is 1. The zero-order valence-corrected chi connectivity index (χ0v) is 17.4. The van der Waals surface area contributed by atoms with Crippen LogP contribution in [0.1, 0.15) is 31.9 Å². The van der Waals surface area contributed by atoms with Crippen LogP contribution in [0.15, 0.2) is 48.5 Å². The van der Waals surface area contributed by atoms with Crippen molar-refractivity contribution in [1.82, 2.24) is 19.9 Å². The average molecular weight is 392 g/mol. The Morgan fingerprint density at radius 2 is 2.07 bits per heavy atom. The molecule has 3 rings (SSSR count). The van der Waals surface area contributed by atoms with E-state index < -0.39 is 0 Å². The molecule has 0 aliphatic carbocycles. The fourth-order valence-electron chi connectivity index (χ4n) is 3.30. The van der Waals surface area contributed by atoms with Crippen molar-refractivity contribution in [2.75, 3.05) is 37.8 Å². The molecule has 0 spiro atoms. The van der Waals surface area contributed by atoms with Gasteiger partial charge in [0, 0.05) is 41.8 Å². The Morgan fingerprint density at radius 3 is 2.83 bits per heavy atom. The van der Waals surface area contributed by atoms with Crippen LogP contribution in [0.4, 0.5) is 11.6 Å². The third-order valence-corrected chi connectivity index (χ3v) is 4.74. The first-order valence-electron chi connectivity index (χ1n) is 9.97. The second-order valence-electron chi connectivity index (χ2n) is 7.16. The van der Waals surface area contributed by atoms with E-state index in [-0.39, 0.29) is 0 Å². The molecule has 3 heterocycles. The minimum atomic E-state index is 0.631. The van der Waals surface area contributed by atoms with Crippen molar-refractivity contribution in [2.45, 2.75) is 26.2 Å². The highest BCUT2D eigenvalue weighted by Crippen LogP contribution is 2.36. The molecule has 1 aliphatic rings. The zero-order valence-electron chi connectivity index (χ0n) is 17.4. The van der Waals surface area contributed by atoms with Gasteiger partial charge in [0.05, 0.1) is 17.6 Å². The molecule has 0 aromatic carbocycles. The lowest BCUT2D eigenvalue weighted by Gasteiger charge is -2.12. The van der Waals surface area contributed by atoms with E-state index in [9.17, 15) is 0 Å². The molecule has 2 aromatic rings. The standard InChI is InChI=1S/C22H29N7/c1-5-16-20-18(17-10-12-23-15-19(17)27-21(16)24-6-2)14-26-22(28-20)25-11-8-7-9-13-29(3)4/h5-6,10,12,14-15H,2,7-9,11,13H2,1,3-4H3,(H,24,27)(H,25,26,28)/b16-5-. The van der Waals surface area contributed by atoms with Gasteiger partial charge in [0.1, 0.15) is 5.84 Å². The van der Waals surface area contributed by atoms with E-state index in [1.807, 2.05) is 25.3 Å². The van der Waals surface area contributed by atoms with Crippen molar-refractivity contribution >= 4 is 23.0 Å². The molecule has 0 bridgehead atoms. The van der Waals surface area contributed by atoms with E-state index in [1.54, 1.807) is 12.4 Å². The molecule has 0 amide bonds. The number of aromatic nitrogens is 3. The molecule has 152 valence electrons.